The Balaban J connectivity index is 1.80. The van der Waals surface area contributed by atoms with Crippen LogP contribution in [0.25, 0.3) is 0 Å². The van der Waals surface area contributed by atoms with Gasteiger partial charge in [-0.15, -0.1) is 0 Å². The van der Waals surface area contributed by atoms with Gasteiger partial charge in [-0.25, -0.2) is 0 Å². The van der Waals surface area contributed by atoms with Gasteiger partial charge in [0.05, 0.1) is 0 Å². The average molecular weight is 149 g/mol. The molecule has 0 amide bonds. The van der Waals surface area contributed by atoms with E-state index in [0.717, 1.165) is 12.5 Å². The predicted molar refractivity (Wildman–Crippen MR) is 38.6 cm³/mol. The second kappa shape index (κ2) is 4.13. The van der Waals surface area contributed by atoms with Crippen LogP contribution in [0.15, 0.2) is 0 Å². The van der Waals surface area contributed by atoms with Gasteiger partial charge in [-0.05, 0) is 12.3 Å². The van der Waals surface area contributed by atoms with Gasteiger partial charge in [-0.2, -0.15) is 0 Å². The Labute approximate surface area is 61.3 Å². The summed E-state index contributed by atoms with van der Waals surface area (Å²) in [6.07, 6.45) is 5.45. The van der Waals surface area contributed by atoms with Crippen molar-refractivity contribution in [2.75, 3.05) is 12.7 Å². The lowest BCUT2D eigenvalue weighted by atomic mass is 9.83. The van der Waals surface area contributed by atoms with Gasteiger partial charge in [0.2, 0.25) is 0 Å². The van der Waals surface area contributed by atoms with E-state index in [4.69, 9.17) is 16.3 Å². The minimum Gasteiger partial charge on any atom is -0.366 e. The van der Waals surface area contributed by atoms with E-state index >= 15 is 0 Å². The molecular formula is C7H13ClO. The Morgan fingerprint density at radius 1 is 1.44 bits per heavy atom. The highest BCUT2D eigenvalue weighted by Gasteiger charge is 2.16. The number of rotatable bonds is 4. The maximum atomic E-state index is 5.32. The monoisotopic (exact) mass is 148 g/mol. The van der Waals surface area contributed by atoms with Crippen LogP contribution in [0.4, 0.5) is 0 Å². The van der Waals surface area contributed by atoms with Gasteiger partial charge < -0.3 is 4.74 Å². The van der Waals surface area contributed by atoms with Crippen LogP contribution in [-0.4, -0.2) is 12.7 Å². The van der Waals surface area contributed by atoms with Crippen LogP contribution < -0.4 is 0 Å². The SMILES string of the molecule is ClCOCCC1CCC1. The van der Waals surface area contributed by atoms with Gasteiger partial charge >= 0.3 is 0 Å². The topological polar surface area (TPSA) is 9.23 Å². The summed E-state index contributed by atoms with van der Waals surface area (Å²) in [5.74, 6) is 0.952. The van der Waals surface area contributed by atoms with Crippen molar-refractivity contribution in [3.63, 3.8) is 0 Å². The molecule has 0 unspecified atom stereocenters. The van der Waals surface area contributed by atoms with Gasteiger partial charge in [0.1, 0.15) is 6.07 Å². The molecule has 1 rings (SSSR count). The van der Waals surface area contributed by atoms with Crippen molar-refractivity contribution >= 4 is 11.6 Å². The second-order valence-corrected chi connectivity index (χ2v) is 2.82. The molecule has 0 radical (unpaired) electrons. The molecule has 0 atom stereocenters. The van der Waals surface area contributed by atoms with Crippen LogP contribution >= 0.6 is 11.6 Å². The van der Waals surface area contributed by atoms with Gasteiger partial charge in [-0.3, -0.25) is 0 Å². The average Bonchev–Trinajstić information content (AvgIpc) is 1.76. The third kappa shape index (κ3) is 2.55. The third-order valence-corrected chi connectivity index (χ3v) is 2.13. The van der Waals surface area contributed by atoms with E-state index < -0.39 is 0 Å². The van der Waals surface area contributed by atoms with E-state index in [2.05, 4.69) is 0 Å². The molecule has 0 saturated heterocycles. The molecule has 1 aliphatic rings. The summed E-state index contributed by atoms with van der Waals surface area (Å²) in [7, 11) is 0. The zero-order valence-corrected chi connectivity index (χ0v) is 6.36. The molecule has 0 bridgehead atoms. The summed E-state index contributed by atoms with van der Waals surface area (Å²) in [6, 6.07) is 0.354. The molecule has 0 aromatic rings. The van der Waals surface area contributed by atoms with Crippen molar-refractivity contribution in [1.29, 1.82) is 0 Å². The molecule has 1 fully saturated rings. The van der Waals surface area contributed by atoms with Gasteiger partial charge in [-0.1, -0.05) is 30.9 Å². The van der Waals surface area contributed by atoms with Crippen LogP contribution in [0, 0.1) is 5.92 Å². The predicted octanol–water partition coefficient (Wildman–Crippen LogP) is 2.39. The van der Waals surface area contributed by atoms with Gasteiger partial charge in [0.15, 0.2) is 0 Å². The van der Waals surface area contributed by atoms with Crippen molar-refractivity contribution in [3.05, 3.63) is 0 Å². The van der Waals surface area contributed by atoms with Crippen molar-refractivity contribution in [3.8, 4) is 0 Å². The van der Waals surface area contributed by atoms with Crippen LogP contribution in [0.5, 0.6) is 0 Å². The number of halogens is 1. The molecule has 0 heterocycles. The second-order valence-electron chi connectivity index (χ2n) is 2.60. The largest absolute Gasteiger partial charge is 0.366 e. The maximum Gasteiger partial charge on any atom is 0.120 e. The highest BCUT2D eigenvalue weighted by atomic mass is 35.5. The normalized spacial score (nSPS) is 19.7. The summed E-state index contributed by atoms with van der Waals surface area (Å²) < 4.78 is 5.01. The lowest BCUT2D eigenvalue weighted by molar-refractivity contribution is 0.140. The Morgan fingerprint density at radius 2 is 2.22 bits per heavy atom. The van der Waals surface area contributed by atoms with Crippen molar-refractivity contribution in [1.82, 2.24) is 0 Å². The first-order valence-corrected chi connectivity index (χ1v) is 4.10. The summed E-state index contributed by atoms with van der Waals surface area (Å²) in [6.45, 7) is 0.855. The number of hydrogen-bond donors (Lipinski definition) is 0. The van der Waals surface area contributed by atoms with E-state index in [0.29, 0.717) is 6.07 Å². The van der Waals surface area contributed by atoms with E-state index in [9.17, 15) is 0 Å². The fourth-order valence-electron chi connectivity index (χ4n) is 1.09. The van der Waals surface area contributed by atoms with E-state index in [1.165, 1.54) is 25.7 Å². The van der Waals surface area contributed by atoms with Gasteiger partial charge in [0.25, 0.3) is 0 Å². The first-order valence-electron chi connectivity index (χ1n) is 3.57. The molecule has 0 aromatic carbocycles. The summed E-state index contributed by atoms with van der Waals surface area (Å²) in [5, 5.41) is 0. The van der Waals surface area contributed by atoms with Crippen LogP contribution in [-0.2, 0) is 4.74 Å². The zero-order valence-electron chi connectivity index (χ0n) is 5.61. The minimum atomic E-state index is 0.354. The Kier molecular flexibility index (Phi) is 3.37. The molecule has 1 nitrogen and oxygen atoms in total. The quantitative estimate of drug-likeness (QED) is 0.440. The fourth-order valence-corrected chi connectivity index (χ4v) is 1.20. The fraction of sp³-hybridized carbons (Fsp3) is 1.00. The number of ether oxygens (including phenoxy) is 1. The number of alkyl halides is 1. The standard InChI is InChI=1S/C7H13ClO/c8-6-9-5-4-7-2-1-3-7/h7H,1-6H2. The summed E-state index contributed by atoms with van der Waals surface area (Å²) >= 11 is 5.32. The molecule has 1 aliphatic carbocycles. The smallest absolute Gasteiger partial charge is 0.120 e. The van der Waals surface area contributed by atoms with Crippen molar-refractivity contribution in [2.45, 2.75) is 25.7 Å². The summed E-state index contributed by atoms with van der Waals surface area (Å²) in [4.78, 5) is 0. The van der Waals surface area contributed by atoms with Crippen LogP contribution in [0.2, 0.25) is 0 Å². The Morgan fingerprint density at radius 3 is 2.67 bits per heavy atom. The third-order valence-electron chi connectivity index (χ3n) is 1.97. The van der Waals surface area contributed by atoms with Crippen molar-refractivity contribution in [2.24, 2.45) is 5.92 Å². The Bertz CT molecular complexity index is 71.3. The molecule has 1 saturated carbocycles. The molecule has 9 heavy (non-hydrogen) atoms. The molecule has 2 heteroatoms. The van der Waals surface area contributed by atoms with Crippen LogP contribution in [0.3, 0.4) is 0 Å². The van der Waals surface area contributed by atoms with E-state index in [1.807, 2.05) is 0 Å². The zero-order chi connectivity index (χ0) is 6.53. The molecule has 0 aromatic heterocycles. The van der Waals surface area contributed by atoms with Crippen LogP contribution in [0.1, 0.15) is 25.7 Å². The van der Waals surface area contributed by atoms with Crippen molar-refractivity contribution < 1.29 is 4.74 Å². The lowest BCUT2D eigenvalue weighted by Crippen LogP contribution is -2.13. The highest BCUT2D eigenvalue weighted by Crippen LogP contribution is 2.28. The first-order chi connectivity index (χ1) is 4.43. The summed E-state index contributed by atoms with van der Waals surface area (Å²) in [5.41, 5.74) is 0. The van der Waals surface area contributed by atoms with E-state index in [1.54, 1.807) is 0 Å². The van der Waals surface area contributed by atoms with E-state index in [-0.39, 0.29) is 0 Å². The Hall–Kier alpha value is 0.250. The molecule has 0 N–H and O–H groups in total. The number of hydrogen-bond acceptors (Lipinski definition) is 1. The molecule has 54 valence electrons. The lowest BCUT2D eigenvalue weighted by Gasteiger charge is -2.24. The van der Waals surface area contributed by atoms with Gasteiger partial charge in [0, 0.05) is 6.61 Å². The molecule has 0 spiro atoms. The minimum absolute atomic E-state index is 0.354. The molecular weight excluding hydrogens is 136 g/mol. The molecule has 0 aliphatic heterocycles. The highest BCUT2D eigenvalue weighted by molar-refractivity contribution is 6.17. The first kappa shape index (κ1) is 7.36. The maximum absolute atomic E-state index is 5.32.